The van der Waals surface area contributed by atoms with Crippen molar-refractivity contribution >= 4 is 17.7 Å². The van der Waals surface area contributed by atoms with Crippen molar-refractivity contribution in [3.8, 4) is 0 Å². The van der Waals surface area contributed by atoms with Gasteiger partial charge in [-0.05, 0) is 72.1 Å². The minimum absolute atomic E-state index is 0.942. The molecule has 0 bridgehead atoms. The highest BCUT2D eigenvalue weighted by molar-refractivity contribution is 5.84. The maximum Gasteiger partial charge on any atom is -0.00823 e. The summed E-state index contributed by atoms with van der Waals surface area (Å²) in [7, 11) is 0. The summed E-state index contributed by atoms with van der Waals surface area (Å²) in [6, 6.07) is 26.2. The number of fused-ring (bicyclic) bond motifs is 1. The molecule has 4 rings (SSSR count). The number of hydrogen-bond acceptors (Lipinski definition) is 0. The van der Waals surface area contributed by atoms with E-state index in [1.165, 1.54) is 44.5 Å². The van der Waals surface area contributed by atoms with Gasteiger partial charge in [0.1, 0.15) is 0 Å². The molecule has 0 aliphatic heterocycles. The Balaban J connectivity index is 1.79. The summed E-state index contributed by atoms with van der Waals surface area (Å²) in [5, 5.41) is 0. The molecule has 0 N–H and O–H groups in total. The number of aryl methyl sites for hydroxylation is 2. The second kappa shape index (κ2) is 10.1. The van der Waals surface area contributed by atoms with E-state index in [4.69, 9.17) is 0 Å². The number of hydrogen-bond donors (Lipinski definition) is 0. The third kappa shape index (κ3) is 5.41. The van der Waals surface area contributed by atoms with Gasteiger partial charge >= 0.3 is 0 Å². The first kappa shape index (κ1) is 20.9. The first-order chi connectivity index (χ1) is 15.2. The molecule has 0 amide bonds. The molecule has 3 aromatic carbocycles. The van der Waals surface area contributed by atoms with Crippen LogP contribution >= 0.6 is 0 Å². The SMILES string of the molecule is CC1=C\c2ccc(C)c(/C=C(\CCc3ccccc3)c3ccccc3)c2C/C=C/C=C\1. The highest BCUT2D eigenvalue weighted by Crippen LogP contribution is 2.30. The van der Waals surface area contributed by atoms with E-state index in [9.17, 15) is 0 Å². The van der Waals surface area contributed by atoms with Crippen LogP contribution in [-0.2, 0) is 12.8 Å². The first-order valence-corrected chi connectivity index (χ1v) is 11.1. The molecule has 0 heteroatoms. The molecule has 154 valence electrons. The topological polar surface area (TPSA) is 0 Å². The summed E-state index contributed by atoms with van der Waals surface area (Å²) in [6.07, 6.45) is 16.5. The fourth-order valence-corrected chi connectivity index (χ4v) is 4.18. The Bertz CT molecular complexity index is 1140. The standard InChI is InChI=1S/C31H30/c1-24-12-6-3-11-17-30-29(22-24)20-18-25(2)31(30)23-28(27-15-9-5-10-16-27)21-19-26-13-7-4-8-14-26/h3-16,18,20,22-23H,17,19,21H2,1-2H3/b11-3+,12-6-,24-22+,28-23+. The normalized spacial score (nSPS) is 17.5. The monoisotopic (exact) mass is 402 g/mol. The predicted molar refractivity (Wildman–Crippen MR) is 136 cm³/mol. The van der Waals surface area contributed by atoms with Crippen LogP contribution in [0.3, 0.4) is 0 Å². The molecule has 0 saturated carbocycles. The van der Waals surface area contributed by atoms with Gasteiger partial charge in [0.2, 0.25) is 0 Å². The van der Waals surface area contributed by atoms with Gasteiger partial charge < -0.3 is 0 Å². The highest BCUT2D eigenvalue weighted by atomic mass is 14.2. The van der Waals surface area contributed by atoms with Crippen LogP contribution in [0.1, 0.15) is 46.7 Å². The van der Waals surface area contributed by atoms with Gasteiger partial charge in [-0.15, -0.1) is 0 Å². The Morgan fingerprint density at radius 2 is 1.58 bits per heavy atom. The summed E-state index contributed by atoms with van der Waals surface area (Å²) >= 11 is 0. The third-order valence-electron chi connectivity index (χ3n) is 5.91. The average Bonchev–Trinajstić information content (AvgIpc) is 2.89. The minimum atomic E-state index is 0.942. The summed E-state index contributed by atoms with van der Waals surface area (Å²) in [6.45, 7) is 4.40. The fraction of sp³-hybridized carbons (Fsp3) is 0.161. The molecule has 0 radical (unpaired) electrons. The van der Waals surface area contributed by atoms with Crippen LogP contribution in [0.2, 0.25) is 0 Å². The van der Waals surface area contributed by atoms with E-state index in [1.54, 1.807) is 0 Å². The zero-order valence-corrected chi connectivity index (χ0v) is 18.5. The average molecular weight is 403 g/mol. The Morgan fingerprint density at radius 3 is 2.35 bits per heavy atom. The van der Waals surface area contributed by atoms with Gasteiger partial charge in [0.15, 0.2) is 0 Å². The van der Waals surface area contributed by atoms with Gasteiger partial charge in [0.05, 0.1) is 0 Å². The van der Waals surface area contributed by atoms with E-state index in [-0.39, 0.29) is 0 Å². The maximum absolute atomic E-state index is 2.44. The lowest BCUT2D eigenvalue weighted by atomic mass is 9.89. The zero-order chi connectivity index (χ0) is 21.5. The molecular weight excluding hydrogens is 372 g/mol. The van der Waals surface area contributed by atoms with Crippen molar-refractivity contribution in [2.45, 2.75) is 33.1 Å². The van der Waals surface area contributed by atoms with Crippen LogP contribution < -0.4 is 0 Å². The van der Waals surface area contributed by atoms with Gasteiger partial charge in [-0.25, -0.2) is 0 Å². The minimum Gasteiger partial charge on any atom is -0.0801 e. The van der Waals surface area contributed by atoms with Crippen molar-refractivity contribution in [2.75, 3.05) is 0 Å². The smallest absolute Gasteiger partial charge is 0.00823 e. The number of benzene rings is 3. The molecule has 0 atom stereocenters. The zero-order valence-electron chi connectivity index (χ0n) is 18.5. The summed E-state index contributed by atoms with van der Waals surface area (Å²) < 4.78 is 0. The molecule has 0 spiro atoms. The first-order valence-electron chi connectivity index (χ1n) is 11.1. The van der Waals surface area contributed by atoms with Gasteiger partial charge in [0.25, 0.3) is 0 Å². The van der Waals surface area contributed by atoms with Crippen molar-refractivity contribution in [1.29, 1.82) is 0 Å². The molecule has 0 fully saturated rings. The molecule has 3 aromatic rings. The molecule has 0 unspecified atom stereocenters. The number of allylic oxidation sites excluding steroid dienone is 6. The number of rotatable bonds is 5. The lowest BCUT2D eigenvalue weighted by molar-refractivity contribution is 1.02. The highest BCUT2D eigenvalue weighted by Gasteiger charge is 2.11. The summed E-state index contributed by atoms with van der Waals surface area (Å²) in [5.41, 5.74) is 10.8. The van der Waals surface area contributed by atoms with E-state index >= 15 is 0 Å². The van der Waals surface area contributed by atoms with E-state index in [2.05, 4.69) is 123 Å². The molecule has 0 aromatic heterocycles. The lowest BCUT2D eigenvalue weighted by Crippen LogP contribution is -1.98. The second-order valence-corrected chi connectivity index (χ2v) is 8.26. The summed E-state index contributed by atoms with van der Waals surface area (Å²) in [5.74, 6) is 0. The molecule has 1 aliphatic carbocycles. The van der Waals surface area contributed by atoms with Crippen molar-refractivity contribution in [1.82, 2.24) is 0 Å². The molecule has 1 aliphatic rings. The Labute approximate surface area is 187 Å². The van der Waals surface area contributed by atoms with Crippen LogP contribution in [-0.4, -0.2) is 0 Å². The Kier molecular flexibility index (Phi) is 6.79. The van der Waals surface area contributed by atoms with Crippen molar-refractivity contribution < 1.29 is 0 Å². The van der Waals surface area contributed by atoms with Crippen LogP contribution in [0.25, 0.3) is 17.7 Å². The van der Waals surface area contributed by atoms with Crippen LogP contribution in [0.5, 0.6) is 0 Å². The Morgan fingerprint density at radius 1 is 0.839 bits per heavy atom. The van der Waals surface area contributed by atoms with Gasteiger partial charge in [-0.1, -0.05) is 115 Å². The Hall–Kier alpha value is -3.38. The second-order valence-electron chi connectivity index (χ2n) is 8.26. The molecule has 0 nitrogen and oxygen atoms in total. The van der Waals surface area contributed by atoms with Gasteiger partial charge in [-0.2, -0.15) is 0 Å². The maximum atomic E-state index is 2.44. The van der Waals surface area contributed by atoms with Crippen molar-refractivity contribution in [3.63, 3.8) is 0 Å². The van der Waals surface area contributed by atoms with E-state index in [1.807, 2.05) is 0 Å². The molecule has 0 heterocycles. The molecule has 31 heavy (non-hydrogen) atoms. The summed E-state index contributed by atoms with van der Waals surface area (Å²) in [4.78, 5) is 0. The van der Waals surface area contributed by atoms with Crippen LogP contribution in [0, 0.1) is 6.92 Å². The third-order valence-corrected chi connectivity index (χ3v) is 5.91. The van der Waals surface area contributed by atoms with Crippen LogP contribution in [0.4, 0.5) is 0 Å². The van der Waals surface area contributed by atoms with E-state index < -0.39 is 0 Å². The van der Waals surface area contributed by atoms with Gasteiger partial charge in [0, 0.05) is 0 Å². The van der Waals surface area contributed by atoms with Gasteiger partial charge in [-0.3, -0.25) is 0 Å². The van der Waals surface area contributed by atoms with Crippen LogP contribution in [0.15, 0.2) is 103 Å². The van der Waals surface area contributed by atoms with E-state index in [0.717, 1.165) is 19.3 Å². The van der Waals surface area contributed by atoms with E-state index in [0.29, 0.717) is 0 Å². The lowest BCUT2D eigenvalue weighted by Gasteiger charge is -2.15. The van der Waals surface area contributed by atoms with Crippen molar-refractivity contribution in [3.05, 3.63) is 136 Å². The largest absolute Gasteiger partial charge is 0.0801 e. The fourth-order valence-electron chi connectivity index (χ4n) is 4.18. The quantitative estimate of drug-likeness (QED) is 0.377. The predicted octanol–water partition coefficient (Wildman–Crippen LogP) is 8.24. The molecular formula is C31H30. The molecule has 0 saturated heterocycles. The van der Waals surface area contributed by atoms with Crippen molar-refractivity contribution in [2.24, 2.45) is 0 Å².